The predicted molar refractivity (Wildman–Crippen MR) is 91.2 cm³/mol. The van der Waals surface area contributed by atoms with E-state index in [-0.39, 0.29) is 6.23 Å². The molecule has 0 bridgehead atoms. The molecule has 0 fully saturated rings. The Labute approximate surface area is 131 Å². The molecule has 0 radical (unpaired) electrons. The van der Waals surface area contributed by atoms with Crippen LogP contribution in [0.3, 0.4) is 0 Å². The van der Waals surface area contributed by atoms with E-state index in [1.807, 2.05) is 32.3 Å². The minimum absolute atomic E-state index is 0.000654. The lowest BCUT2D eigenvalue weighted by atomic mass is 10.1. The van der Waals surface area contributed by atoms with Gasteiger partial charge < -0.3 is 9.30 Å². The number of ether oxygens (including phenoxy) is 1. The van der Waals surface area contributed by atoms with E-state index < -0.39 is 0 Å². The minimum Gasteiger partial charge on any atom is -0.473 e. The van der Waals surface area contributed by atoms with Crippen molar-refractivity contribution >= 4 is 10.9 Å². The van der Waals surface area contributed by atoms with E-state index in [4.69, 9.17) is 4.74 Å². The van der Waals surface area contributed by atoms with E-state index in [0.29, 0.717) is 0 Å². The molecule has 3 heteroatoms. The highest BCUT2D eigenvalue weighted by Crippen LogP contribution is 2.27. The largest absolute Gasteiger partial charge is 0.473 e. The number of hydrogen-bond donors (Lipinski definition) is 1. The van der Waals surface area contributed by atoms with Gasteiger partial charge in [-0.2, -0.15) is 0 Å². The van der Waals surface area contributed by atoms with Crippen LogP contribution in [0.2, 0.25) is 0 Å². The number of para-hydroxylation sites is 1. The van der Waals surface area contributed by atoms with Gasteiger partial charge in [0.05, 0.1) is 5.52 Å². The monoisotopic (exact) mass is 294 g/mol. The van der Waals surface area contributed by atoms with Gasteiger partial charge in [-0.15, -0.1) is 0 Å². The molecule has 0 aliphatic heterocycles. The van der Waals surface area contributed by atoms with Gasteiger partial charge >= 0.3 is 0 Å². The zero-order chi connectivity index (χ0) is 15.4. The second-order valence-electron chi connectivity index (χ2n) is 5.54. The fourth-order valence-corrected chi connectivity index (χ4v) is 2.77. The van der Waals surface area contributed by atoms with Crippen molar-refractivity contribution in [3.05, 3.63) is 66.4 Å². The van der Waals surface area contributed by atoms with Crippen LogP contribution < -0.4 is 10.1 Å². The summed E-state index contributed by atoms with van der Waals surface area (Å²) in [6.07, 6.45) is 3.99. The Morgan fingerprint density at radius 1 is 1.05 bits per heavy atom. The van der Waals surface area contributed by atoms with Crippen molar-refractivity contribution in [1.29, 1.82) is 0 Å². The Kier molecular flexibility index (Phi) is 4.45. The molecule has 114 valence electrons. The standard InChI is InChI=1S/C19H22N2O/c1-20-18(12-11-15-7-4-3-5-8-15)22-17-10-6-9-16-13-14-21(2)19(16)17/h3-10,13-14,18,20H,11-12H2,1-2H3. The molecule has 2 aromatic carbocycles. The van der Waals surface area contributed by atoms with Crippen LogP contribution in [0.25, 0.3) is 10.9 Å². The third-order valence-electron chi connectivity index (χ3n) is 3.99. The normalized spacial score (nSPS) is 12.5. The maximum atomic E-state index is 6.21. The Bertz CT molecular complexity index is 734. The first-order chi connectivity index (χ1) is 10.8. The van der Waals surface area contributed by atoms with Crippen LogP contribution in [0.1, 0.15) is 12.0 Å². The SMILES string of the molecule is CNC(CCc1ccccc1)Oc1cccc2ccn(C)c12. The third-order valence-corrected chi connectivity index (χ3v) is 3.99. The molecule has 1 heterocycles. The highest BCUT2D eigenvalue weighted by Gasteiger charge is 2.12. The third kappa shape index (κ3) is 3.15. The second kappa shape index (κ2) is 6.67. The first-order valence-corrected chi connectivity index (χ1v) is 7.70. The lowest BCUT2D eigenvalue weighted by Gasteiger charge is -2.19. The molecule has 3 nitrogen and oxygen atoms in total. The van der Waals surface area contributed by atoms with Gasteiger partial charge in [0.2, 0.25) is 0 Å². The first-order valence-electron chi connectivity index (χ1n) is 7.70. The number of aromatic nitrogens is 1. The summed E-state index contributed by atoms with van der Waals surface area (Å²) in [5.74, 6) is 0.928. The van der Waals surface area contributed by atoms with Crippen molar-refractivity contribution in [2.75, 3.05) is 7.05 Å². The van der Waals surface area contributed by atoms with Gasteiger partial charge in [-0.25, -0.2) is 0 Å². The summed E-state index contributed by atoms with van der Waals surface area (Å²) in [7, 11) is 3.99. The van der Waals surface area contributed by atoms with Crippen molar-refractivity contribution < 1.29 is 4.74 Å². The van der Waals surface area contributed by atoms with Crippen LogP contribution in [-0.2, 0) is 13.5 Å². The fraction of sp³-hybridized carbons (Fsp3) is 0.263. The molecule has 0 saturated carbocycles. The van der Waals surface area contributed by atoms with Crippen LogP contribution in [0.15, 0.2) is 60.8 Å². The van der Waals surface area contributed by atoms with Crippen molar-refractivity contribution in [2.45, 2.75) is 19.1 Å². The molecule has 3 aromatic rings. The van der Waals surface area contributed by atoms with Crippen molar-refractivity contribution in [1.82, 2.24) is 9.88 Å². The zero-order valence-electron chi connectivity index (χ0n) is 13.1. The van der Waals surface area contributed by atoms with Gasteiger partial charge in [-0.3, -0.25) is 5.32 Å². The van der Waals surface area contributed by atoms with Crippen LogP contribution in [-0.4, -0.2) is 17.8 Å². The Morgan fingerprint density at radius 2 is 1.86 bits per heavy atom. The van der Waals surface area contributed by atoms with Gasteiger partial charge in [-0.05, 0) is 31.2 Å². The van der Waals surface area contributed by atoms with E-state index in [1.165, 1.54) is 10.9 Å². The minimum atomic E-state index is 0.000654. The second-order valence-corrected chi connectivity index (χ2v) is 5.54. The van der Waals surface area contributed by atoms with Gasteiger partial charge in [0, 0.05) is 25.1 Å². The van der Waals surface area contributed by atoms with Crippen LogP contribution in [0.4, 0.5) is 0 Å². The average Bonchev–Trinajstić information content (AvgIpc) is 2.94. The van der Waals surface area contributed by atoms with Gasteiger partial charge in [0.25, 0.3) is 0 Å². The van der Waals surface area contributed by atoms with Crippen LogP contribution in [0.5, 0.6) is 5.75 Å². The molecule has 1 N–H and O–H groups in total. The summed E-state index contributed by atoms with van der Waals surface area (Å²) in [4.78, 5) is 0. The Hall–Kier alpha value is -2.26. The number of nitrogens with one attached hydrogen (secondary N) is 1. The summed E-state index contributed by atoms with van der Waals surface area (Å²) < 4.78 is 8.31. The molecule has 1 atom stereocenters. The lowest BCUT2D eigenvalue weighted by molar-refractivity contribution is 0.165. The summed E-state index contributed by atoms with van der Waals surface area (Å²) in [6.45, 7) is 0. The Balaban J connectivity index is 1.73. The fourth-order valence-electron chi connectivity index (χ4n) is 2.77. The quantitative estimate of drug-likeness (QED) is 0.701. The average molecular weight is 294 g/mol. The molecule has 0 amide bonds. The van der Waals surface area contributed by atoms with Crippen LogP contribution in [0, 0.1) is 0 Å². The van der Waals surface area contributed by atoms with Crippen molar-refractivity contribution in [3.8, 4) is 5.75 Å². The predicted octanol–water partition coefficient (Wildman–Crippen LogP) is 3.74. The molecule has 22 heavy (non-hydrogen) atoms. The number of nitrogens with zero attached hydrogens (tertiary/aromatic N) is 1. The molecule has 3 rings (SSSR count). The van der Waals surface area contributed by atoms with E-state index in [2.05, 4.69) is 52.5 Å². The summed E-state index contributed by atoms with van der Waals surface area (Å²) in [5.41, 5.74) is 2.48. The highest BCUT2D eigenvalue weighted by molar-refractivity contribution is 5.85. The van der Waals surface area contributed by atoms with Gasteiger partial charge in [0.15, 0.2) is 0 Å². The number of aryl methyl sites for hydroxylation is 2. The lowest BCUT2D eigenvalue weighted by Crippen LogP contribution is -2.32. The van der Waals surface area contributed by atoms with Gasteiger partial charge in [-0.1, -0.05) is 42.5 Å². The number of hydrogen-bond acceptors (Lipinski definition) is 2. The van der Waals surface area contributed by atoms with E-state index in [9.17, 15) is 0 Å². The highest BCUT2D eigenvalue weighted by atomic mass is 16.5. The van der Waals surface area contributed by atoms with E-state index >= 15 is 0 Å². The Morgan fingerprint density at radius 3 is 2.64 bits per heavy atom. The molecule has 0 saturated heterocycles. The van der Waals surface area contributed by atoms with E-state index in [1.54, 1.807) is 0 Å². The summed E-state index contributed by atoms with van der Waals surface area (Å²) in [5, 5.41) is 4.47. The maximum Gasteiger partial charge on any atom is 0.150 e. The molecule has 1 unspecified atom stereocenters. The smallest absolute Gasteiger partial charge is 0.150 e. The zero-order valence-corrected chi connectivity index (χ0v) is 13.1. The number of fused-ring (bicyclic) bond motifs is 1. The molecule has 0 spiro atoms. The molecular weight excluding hydrogens is 272 g/mol. The maximum absolute atomic E-state index is 6.21. The molecule has 1 aromatic heterocycles. The molecular formula is C19H22N2O. The van der Waals surface area contributed by atoms with Crippen molar-refractivity contribution in [3.63, 3.8) is 0 Å². The number of benzene rings is 2. The summed E-state index contributed by atoms with van der Waals surface area (Å²) in [6, 6.07) is 18.8. The van der Waals surface area contributed by atoms with Gasteiger partial charge in [0.1, 0.15) is 12.0 Å². The first kappa shape index (κ1) is 14.7. The van der Waals surface area contributed by atoms with E-state index in [0.717, 1.165) is 24.1 Å². The van der Waals surface area contributed by atoms with Crippen molar-refractivity contribution in [2.24, 2.45) is 7.05 Å². The topological polar surface area (TPSA) is 26.2 Å². The number of rotatable bonds is 6. The van der Waals surface area contributed by atoms with Crippen LogP contribution >= 0.6 is 0 Å². The summed E-state index contributed by atoms with van der Waals surface area (Å²) >= 11 is 0. The molecule has 0 aliphatic carbocycles. The molecule has 0 aliphatic rings.